The second-order valence-corrected chi connectivity index (χ2v) is 3.42. The van der Waals surface area contributed by atoms with Gasteiger partial charge in [-0.3, -0.25) is 0 Å². The topological polar surface area (TPSA) is 35.5 Å². The Bertz CT molecular complexity index is 405. The van der Waals surface area contributed by atoms with E-state index in [0.717, 1.165) is 12.8 Å². The number of carbonyl (C=O) groups excluding carboxylic acids is 1. The van der Waals surface area contributed by atoms with Gasteiger partial charge in [0.2, 0.25) is 0 Å². The molecular formula is C12H12O3. The fourth-order valence-corrected chi connectivity index (χ4v) is 1.58. The Kier molecular flexibility index (Phi) is 2.75. The van der Waals surface area contributed by atoms with Crippen LogP contribution >= 0.6 is 0 Å². The van der Waals surface area contributed by atoms with Gasteiger partial charge in [-0.25, -0.2) is 4.79 Å². The van der Waals surface area contributed by atoms with E-state index in [-0.39, 0.29) is 0 Å². The third-order valence-electron chi connectivity index (χ3n) is 2.24. The molecule has 1 atom stereocenters. The fraction of sp³-hybridized carbons (Fsp3) is 0.333. The summed E-state index contributed by atoms with van der Waals surface area (Å²) < 4.78 is 10.7. The zero-order chi connectivity index (χ0) is 10.7. The first-order valence-electron chi connectivity index (χ1n) is 5.00. The quantitative estimate of drug-likeness (QED) is 0.707. The van der Waals surface area contributed by atoms with E-state index >= 15 is 0 Å². The normalized spacial score (nSPS) is 17.3. The van der Waals surface area contributed by atoms with E-state index in [1.807, 2.05) is 18.2 Å². The Morgan fingerprint density at radius 2 is 2.20 bits per heavy atom. The summed E-state index contributed by atoms with van der Waals surface area (Å²) in [5.41, 5.74) is 1.22. The maximum Gasteiger partial charge on any atom is 0.271 e. The Balaban J connectivity index is 2.19. The number of fused-ring (bicyclic) bond motifs is 1. The van der Waals surface area contributed by atoms with Gasteiger partial charge in [-0.05, 0) is 24.1 Å². The molecule has 0 radical (unpaired) electrons. The molecular weight excluding hydrogens is 192 g/mol. The minimum atomic E-state index is -0.616. The minimum absolute atomic E-state index is 0.616. The van der Waals surface area contributed by atoms with Gasteiger partial charge in [-0.15, -0.1) is 0 Å². The van der Waals surface area contributed by atoms with Crippen LogP contribution in [-0.2, 0) is 11.2 Å². The van der Waals surface area contributed by atoms with Crippen molar-refractivity contribution in [3.05, 3.63) is 29.8 Å². The van der Waals surface area contributed by atoms with Crippen molar-refractivity contribution in [2.24, 2.45) is 0 Å². The van der Waals surface area contributed by atoms with Gasteiger partial charge in [0.1, 0.15) is 5.94 Å². The molecule has 1 aliphatic rings. The summed E-state index contributed by atoms with van der Waals surface area (Å²) in [6.45, 7) is 2.13. The highest BCUT2D eigenvalue weighted by atomic mass is 16.7. The summed E-state index contributed by atoms with van der Waals surface area (Å²) in [6.07, 6.45) is 2.72. The lowest BCUT2D eigenvalue weighted by Gasteiger charge is -2.00. The van der Waals surface area contributed by atoms with Crippen molar-refractivity contribution in [2.45, 2.75) is 26.1 Å². The number of ether oxygens (including phenoxy) is 2. The lowest BCUT2D eigenvalue weighted by molar-refractivity contribution is 0.0961. The van der Waals surface area contributed by atoms with Crippen LogP contribution in [0.5, 0.6) is 11.5 Å². The van der Waals surface area contributed by atoms with E-state index < -0.39 is 6.29 Å². The van der Waals surface area contributed by atoms with Crippen LogP contribution in [0.1, 0.15) is 18.9 Å². The van der Waals surface area contributed by atoms with Gasteiger partial charge in [0.25, 0.3) is 6.29 Å². The molecule has 0 saturated carbocycles. The average Bonchev–Trinajstić information content (AvgIpc) is 2.60. The zero-order valence-corrected chi connectivity index (χ0v) is 8.53. The molecule has 1 aromatic carbocycles. The first kappa shape index (κ1) is 9.81. The van der Waals surface area contributed by atoms with Crippen molar-refractivity contribution in [1.29, 1.82) is 0 Å². The Hall–Kier alpha value is -1.73. The summed E-state index contributed by atoms with van der Waals surface area (Å²) in [6, 6.07) is 5.84. The minimum Gasteiger partial charge on any atom is -0.447 e. The van der Waals surface area contributed by atoms with Gasteiger partial charge in [-0.2, -0.15) is 0 Å². The van der Waals surface area contributed by atoms with E-state index in [2.05, 4.69) is 6.92 Å². The van der Waals surface area contributed by atoms with Gasteiger partial charge in [-0.1, -0.05) is 19.4 Å². The first-order valence-corrected chi connectivity index (χ1v) is 5.00. The molecule has 0 aliphatic carbocycles. The van der Waals surface area contributed by atoms with Crippen molar-refractivity contribution < 1.29 is 14.3 Å². The molecule has 0 fully saturated rings. The average molecular weight is 204 g/mol. The maximum absolute atomic E-state index is 10.1. The predicted octanol–water partition coefficient (Wildman–Crippen LogP) is 2.12. The van der Waals surface area contributed by atoms with Gasteiger partial charge in [0, 0.05) is 0 Å². The van der Waals surface area contributed by atoms with Crippen LogP contribution in [0.3, 0.4) is 0 Å². The lowest BCUT2D eigenvalue weighted by Crippen LogP contribution is -2.14. The van der Waals surface area contributed by atoms with Crippen LogP contribution in [0.25, 0.3) is 0 Å². The molecule has 2 rings (SSSR count). The Morgan fingerprint density at radius 3 is 2.93 bits per heavy atom. The van der Waals surface area contributed by atoms with Crippen molar-refractivity contribution in [3.8, 4) is 11.5 Å². The van der Waals surface area contributed by atoms with Gasteiger partial charge < -0.3 is 9.47 Å². The number of aryl methyl sites for hydroxylation is 1. The number of hydrogen-bond acceptors (Lipinski definition) is 3. The molecule has 78 valence electrons. The van der Waals surface area contributed by atoms with Crippen molar-refractivity contribution in [1.82, 2.24) is 0 Å². The number of rotatable bonds is 3. The molecule has 3 heteroatoms. The molecule has 1 unspecified atom stereocenters. The summed E-state index contributed by atoms with van der Waals surface area (Å²) >= 11 is 0. The fourth-order valence-electron chi connectivity index (χ4n) is 1.58. The third-order valence-corrected chi connectivity index (χ3v) is 2.24. The van der Waals surface area contributed by atoms with Crippen molar-refractivity contribution >= 4 is 5.94 Å². The predicted molar refractivity (Wildman–Crippen MR) is 55.7 cm³/mol. The largest absolute Gasteiger partial charge is 0.447 e. The second-order valence-electron chi connectivity index (χ2n) is 3.42. The highest BCUT2D eigenvalue weighted by molar-refractivity contribution is 5.50. The molecule has 0 N–H and O–H groups in total. The van der Waals surface area contributed by atoms with E-state index in [0.29, 0.717) is 11.5 Å². The van der Waals surface area contributed by atoms with Gasteiger partial charge in [0.05, 0.1) is 6.08 Å². The second kappa shape index (κ2) is 4.20. The molecule has 1 aliphatic heterocycles. The van der Waals surface area contributed by atoms with Crippen LogP contribution in [0.15, 0.2) is 24.3 Å². The van der Waals surface area contributed by atoms with E-state index in [4.69, 9.17) is 9.47 Å². The first-order chi connectivity index (χ1) is 7.33. The molecule has 0 amide bonds. The van der Waals surface area contributed by atoms with Crippen LogP contribution in [0.4, 0.5) is 0 Å². The van der Waals surface area contributed by atoms with E-state index in [1.165, 1.54) is 11.6 Å². The summed E-state index contributed by atoms with van der Waals surface area (Å²) in [5.74, 6) is 3.05. The van der Waals surface area contributed by atoms with Crippen molar-refractivity contribution in [3.63, 3.8) is 0 Å². The molecule has 1 heterocycles. The van der Waals surface area contributed by atoms with Gasteiger partial charge >= 0.3 is 0 Å². The standard InChI is InChI=1S/C12H12O3/c1-2-3-9-4-5-10-11(8-9)15-12(14-10)6-7-13/h4-6,8,12H,2-3H2,1H3. The third kappa shape index (κ3) is 2.03. The molecule has 3 nitrogen and oxygen atoms in total. The smallest absolute Gasteiger partial charge is 0.271 e. The molecule has 1 aromatic rings. The van der Waals surface area contributed by atoms with E-state index in [9.17, 15) is 4.79 Å². The van der Waals surface area contributed by atoms with Crippen LogP contribution in [0, 0.1) is 0 Å². The lowest BCUT2D eigenvalue weighted by atomic mass is 10.1. The monoisotopic (exact) mass is 204 g/mol. The summed E-state index contributed by atoms with van der Waals surface area (Å²) in [5, 5.41) is 0. The van der Waals surface area contributed by atoms with Gasteiger partial charge in [0.15, 0.2) is 11.5 Å². The van der Waals surface area contributed by atoms with Crippen molar-refractivity contribution in [2.75, 3.05) is 0 Å². The number of hydrogen-bond donors (Lipinski definition) is 0. The molecule has 0 aromatic heterocycles. The summed E-state index contributed by atoms with van der Waals surface area (Å²) in [7, 11) is 0. The van der Waals surface area contributed by atoms with Crippen LogP contribution in [0.2, 0.25) is 0 Å². The molecule has 15 heavy (non-hydrogen) atoms. The molecule has 0 bridgehead atoms. The maximum atomic E-state index is 10.1. The Morgan fingerprint density at radius 1 is 1.40 bits per heavy atom. The zero-order valence-electron chi connectivity index (χ0n) is 8.53. The van der Waals surface area contributed by atoms with Crippen LogP contribution < -0.4 is 9.47 Å². The number of benzene rings is 1. The molecule has 0 spiro atoms. The van der Waals surface area contributed by atoms with E-state index in [1.54, 1.807) is 5.94 Å². The highest BCUT2D eigenvalue weighted by Crippen LogP contribution is 2.35. The SMILES string of the molecule is CCCc1ccc2c(c1)OC(C=C=O)O2. The van der Waals surface area contributed by atoms with Crippen LogP contribution in [-0.4, -0.2) is 12.2 Å². The highest BCUT2D eigenvalue weighted by Gasteiger charge is 2.22. The Labute approximate surface area is 88.3 Å². The molecule has 0 saturated heterocycles. The summed E-state index contributed by atoms with van der Waals surface area (Å²) in [4.78, 5) is 10.1.